The molecule has 1 N–H and O–H groups in total. The Bertz CT molecular complexity index is 1280. The molecule has 0 spiro atoms. The number of ether oxygens (including phenoxy) is 2. The van der Waals surface area contributed by atoms with E-state index in [9.17, 15) is 8.42 Å². The van der Waals surface area contributed by atoms with Gasteiger partial charge in [-0.05, 0) is 55.3 Å². The van der Waals surface area contributed by atoms with Crippen molar-refractivity contribution in [3.8, 4) is 11.5 Å². The van der Waals surface area contributed by atoms with E-state index in [1.807, 2.05) is 18.2 Å². The zero-order valence-corrected chi connectivity index (χ0v) is 20.1. The fourth-order valence-electron chi connectivity index (χ4n) is 4.89. The number of unbranched alkanes of at least 4 members (excludes halogenated alkanes) is 1. The Morgan fingerprint density at radius 3 is 2.58 bits per heavy atom. The second-order valence-electron chi connectivity index (χ2n) is 9.06. The third kappa shape index (κ3) is 4.82. The fraction of sp³-hybridized carbons (Fsp3) is 0.440. The number of hydrogen-bond acceptors (Lipinski definition) is 6. The summed E-state index contributed by atoms with van der Waals surface area (Å²) < 4.78 is 36.4. The Hall–Kier alpha value is -2.71. The molecule has 2 aromatic carbocycles. The highest BCUT2D eigenvalue weighted by Gasteiger charge is 2.23. The van der Waals surface area contributed by atoms with Gasteiger partial charge in [0.2, 0.25) is 0 Å². The predicted molar refractivity (Wildman–Crippen MR) is 132 cm³/mol. The highest BCUT2D eigenvalue weighted by atomic mass is 32.2. The van der Waals surface area contributed by atoms with E-state index in [4.69, 9.17) is 9.47 Å². The minimum absolute atomic E-state index is 0.273. The van der Waals surface area contributed by atoms with Crippen LogP contribution in [0.3, 0.4) is 0 Å². The zero-order valence-electron chi connectivity index (χ0n) is 19.3. The molecule has 3 heterocycles. The van der Waals surface area contributed by atoms with Gasteiger partial charge in [0, 0.05) is 72.6 Å². The summed E-state index contributed by atoms with van der Waals surface area (Å²) in [6.07, 6.45) is 3.95. The Kier molecular flexibility index (Phi) is 5.97. The number of nitrogens with one attached hydrogen (secondary N) is 1. The molecule has 5 rings (SSSR count). The minimum atomic E-state index is -2.88. The third-order valence-corrected chi connectivity index (χ3v) is 7.58. The fourth-order valence-corrected chi connectivity index (χ4v) is 5.62. The van der Waals surface area contributed by atoms with Crippen molar-refractivity contribution in [2.75, 3.05) is 43.6 Å². The van der Waals surface area contributed by atoms with E-state index in [2.05, 4.69) is 40.0 Å². The molecule has 0 fully saturated rings. The molecule has 0 amide bonds. The molecule has 0 atom stereocenters. The van der Waals surface area contributed by atoms with Crippen LogP contribution in [0.2, 0.25) is 0 Å². The molecule has 0 radical (unpaired) electrons. The number of sulfone groups is 1. The Balaban J connectivity index is 1.33. The number of benzene rings is 2. The number of fused-ring (bicyclic) bond motifs is 4. The zero-order chi connectivity index (χ0) is 23.0. The van der Waals surface area contributed by atoms with Crippen LogP contribution >= 0.6 is 0 Å². The van der Waals surface area contributed by atoms with Crippen molar-refractivity contribution in [2.45, 2.75) is 25.8 Å². The summed E-state index contributed by atoms with van der Waals surface area (Å²) >= 11 is 0. The van der Waals surface area contributed by atoms with Gasteiger partial charge < -0.3 is 19.4 Å². The van der Waals surface area contributed by atoms with Crippen molar-refractivity contribution in [1.29, 1.82) is 0 Å². The summed E-state index contributed by atoms with van der Waals surface area (Å²) in [7, 11) is -0.731. The Morgan fingerprint density at radius 1 is 1.00 bits per heavy atom. The summed E-state index contributed by atoms with van der Waals surface area (Å²) in [5, 5.41) is 4.79. The van der Waals surface area contributed by atoms with Crippen LogP contribution < -0.4 is 14.8 Å². The number of rotatable bonds is 7. The van der Waals surface area contributed by atoms with Crippen molar-refractivity contribution in [3.05, 3.63) is 47.7 Å². The minimum Gasteiger partial charge on any atom is -0.486 e. The van der Waals surface area contributed by atoms with E-state index < -0.39 is 9.84 Å². The van der Waals surface area contributed by atoms with Gasteiger partial charge in [-0.25, -0.2) is 8.42 Å². The Morgan fingerprint density at radius 2 is 1.76 bits per heavy atom. The van der Waals surface area contributed by atoms with Gasteiger partial charge in [-0.15, -0.1) is 0 Å². The highest BCUT2D eigenvalue weighted by molar-refractivity contribution is 7.90. The first-order chi connectivity index (χ1) is 15.9. The topological polar surface area (TPSA) is 72.8 Å². The molecule has 0 saturated carbocycles. The maximum absolute atomic E-state index is 11.4. The first kappa shape index (κ1) is 22.1. The van der Waals surface area contributed by atoms with Gasteiger partial charge in [-0.2, -0.15) is 0 Å². The number of aromatic nitrogens is 1. The lowest BCUT2D eigenvalue weighted by Gasteiger charge is -2.27. The van der Waals surface area contributed by atoms with Crippen LogP contribution in [0.4, 0.5) is 11.4 Å². The van der Waals surface area contributed by atoms with Gasteiger partial charge in [0.15, 0.2) is 11.5 Å². The summed E-state index contributed by atoms with van der Waals surface area (Å²) in [4.78, 5) is 2.45. The van der Waals surface area contributed by atoms with Crippen LogP contribution in [0.5, 0.6) is 11.5 Å². The number of nitrogens with zero attached hydrogens (tertiary/aromatic N) is 2. The molecule has 0 saturated heterocycles. The molecule has 0 aliphatic carbocycles. The average Bonchev–Trinajstić information content (AvgIpc) is 3.07. The van der Waals surface area contributed by atoms with Gasteiger partial charge >= 0.3 is 0 Å². The first-order valence-corrected chi connectivity index (χ1v) is 13.6. The molecule has 8 heteroatoms. The lowest BCUT2D eigenvalue weighted by Crippen LogP contribution is -2.31. The maximum atomic E-state index is 11.4. The molecular weight excluding hydrogens is 438 g/mol. The van der Waals surface area contributed by atoms with Gasteiger partial charge in [-0.1, -0.05) is 0 Å². The summed E-state index contributed by atoms with van der Waals surface area (Å²) in [6.45, 7) is 4.01. The highest BCUT2D eigenvalue weighted by Crippen LogP contribution is 2.36. The second kappa shape index (κ2) is 8.91. The molecule has 3 aromatic rings. The molecule has 0 bridgehead atoms. The van der Waals surface area contributed by atoms with Crippen LogP contribution in [0.25, 0.3) is 10.9 Å². The molecular formula is C25H31N3O4S. The van der Waals surface area contributed by atoms with Gasteiger partial charge in [-0.3, -0.25) is 4.90 Å². The van der Waals surface area contributed by atoms with Crippen molar-refractivity contribution < 1.29 is 17.9 Å². The largest absolute Gasteiger partial charge is 0.486 e. The second-order valence-corrected chi connectivity index (χ2v) is 11.3. The predicted octanol–water partition coefficient (Wildman–Crippen LogP) is 3.88. The van der Waals surface area contributed by atoms with E-state index in [1.165, 1.54) is 28.4 Å². The summed E-state index contributed by atoms with van der Waals surface area (Å²) in [5.74, 6) is 1.84. The van der Waals surface area contributed by atoms with Gasteiger partial charge in [0.05, 0.1) is 0 Å². The number of anilines is 2. The SMILES string of the molecule is Cn1c2c(c3cc(Nc4ccc5c(c4)OCCO5)ccc31)CN(CCCCS(C)(=O)=O)CC2. The lowest BCUT2D eigenvalue weighted by molar-refractivity contribution is 0.171. The standard InChI is InChI=1S/C25H31N3O4S/c1-27-22-7-5-18(26-19-6-8-24-25(16-19)32-13-12-31-24)15-20(22)21-17-28(11-9-23(21)27)10-3-4-14-33(2,29)30/h5-8,15-16,26H,3-4,9-14,17H2,1-2H3. The van der Waals surface area contributed by atoms with Crippen LogP contribution in [-0.4, -0.2) is 56.2 Å². The first-order valence-electron chi connectivity index (χ1n) is 11.5. The van der Waals surface area contributed by atoms with Crippen LogP contribution in [0.15, 0.2) is 36.4 Å². The van der Waals surface area contributed by atoms with Gasteiger partial charge in [0.25, 0.3) is 0 Å². The quantitative estimate of drug-likeness (QED) is 0.530. The van der Waals surface area contributed by atoms with E-state index in [1.54, 1.807) is 0 Å². The molecule has 1 aromatic heterocycles. The molecule has 33 heavy (non-hydrogen) atoms. The van der Waals surface area contributed by atoms with Crippen LogP contribution in [0, 0.1) is 0 Å². The monoisotopic (exact) mass is 469 g/mol. The lowest BCUT2D eigenvalue weighted by atomic mass is 10.0. The molecule has 176 valence electrons. The summed E-state index contributed by atoms with van der Waals surface area (Å²) in [5.41, 5.74) is 6.03. The average molecular weight is 470 g/mol. The number of aryl methyl sites for hydroxylation is 1. The molecule has 2 aliphatic rings. The van der Waals surface area contributed by atoms with Crippen molar-refractivity contribution in [1.82, 2.24) is 9.47 Å². The number of hydrogen-bond donors (Lipinski definition) is 1. The van der Waals surface area contributed by atoms with E-state index in [0.717, 1.165) is 61.8 Å². The normalized spacial score (nSPS) is 16.1. The van der Waals surface area contributed by atoms with E-state index in [-0.39, 0.29) is 5.75 Å². The molecule has 7 nitrogen and oxygen atoms in total. The Labute approximate surface area is 195 Å². The van der Waals surface area contributed by atoms with Crippen molar-refractivity contribution >= 4 is 32.1 Å². The van der Waals surface area contributed by atoms with Gasteiger partial charge in [0.1, 0.15) is 23.1 Å². The maximum Gasteiger partial charge on any atom is 0.163 e. The summed E-state index contributed by atoms with van der Waals surface area (Å²) in [6, 6.07) is 12.5. The smallest absolute Gasteiger partial charge is 0.163 e. The van der Waals surface area contributed by atoms with E-state index in [0.29, 0.717) is 13.2 Å². The van der Waals surface area contributed by atoms with E-state index >= 15 is 0 Å². The van der Waals surface area contributed by atoms with Crippen molar-refractivity contribution in [3.63, 3.8) is 0 Å². The third-order valence-electron chi connectivity index (χ3n) is 6.55. The van der Waals surface area contributed by atoms with Crippen LogP contribution in [0.1, 0.15) is 24.1 Å². The molecule has 2 aliphatic heterocycles. The van der Waals surface area contributed by atoms with Crippen molar-refractivity contribution in [2.24, 2.45) is 7.05 Å². The molecule has 0 unspecified atom stereocenters. The van der Waals surface area contributed by atoms with Crippen LogP contribution in [-0.2, 0) is 29.9 Å².